The number of amides is 1. The number of carbonyl (C=O) groups is 1. The third kappa shape index (κ3) is 4.94. The van der Waals surface area contributed by atoms with E-state index in [0.717, 1.165) is 25.0 Å². The van der Waals surface area contributed by atoms with E-state index in [0.29, 0.717) is 17.2 Å². The Labute approximate surface area is 182 Å². The zero-order valence-corrected chi connectivity index (χ0v) is 17.2. The highest BCUT2D eigenvalue weighted by atomic mass is 19.4. The number of benzene rings is 2. The Balaban J connectivity index is 1.65. The lowest BCUT2D eigenvalue weighted by molar-refractivity contribution is -0.137. The van der Waals surface area contributed by atoms with Crippen molar-refractivity contribution >= 4 is 11.6 Å². The van der Waals surface area contributed by atoms with Crippen LogP contribution >= 0.6 is 0 Å². The lowest BCUT2D eigenvalue weighted by Crippen LogP contribution is -2.17. The predicted octanol–water partition coefficient (Wildman–Crippen LogP) is 5.52. The summed E-state index contributed by atoms with van der Waals surface area (Å²) in [5, 5.41) is 2.53. The molecule has 3 aromatic rings. The van der Waals surface area contributed by atoms with Gasteiger partial charge in [0, 0.05) is 18.6 Å². The van der Waals surface area contributed by atoms with Crippen LogP contribution in [0.5, 0.6) is 5.75 Å². The van der Waals surface area contributed by atoms with Crippen LogP contribution in [0, 0.1) is 0 Å². The van der Waals surface area contributed by atoms with E-state index in [1.54, 1.807) is 12.1 Å². The van der Waals surface area contributed by atoms with Gasteiger partial charge in [-0.1, -0.05) is 18.2 Å². The molecule has 0 unspecified atom stereocenters. The number of nitrogens with one attached hydrogen (secondary N) is 1. The van der Waals surface area contributed by atoms with Gasteiger partial charge in [-0.05, 0) is 43.2 Å². The van der Waals surface area contributed by atoms with Crippen LogP contribution in [0.4, 0.5) is 18.9 Å². The Morgan fingerprint density at radius 1 is 1.16 bits per heavy atom. The fraction of sp³-hybridized carbons (Fsp3) is 0.304. The number of anilines is 1. The summed E-state index contributed by atoms with van der Waals surface area (Å²) in [5.41, 5.74) is -0.242. The number of hydrogen-bond donors (Lipinski definition) is 1. The summed E-state index contributed by atoms with van der Waals surface area (Å²) in [6.45, 7) is 0.351. The second kappa shape index (κ2) is 9.04. The van der Waals surface area contributed by atoms with Crippen molar-refractivity contribution in [2.24, 2.45) is 0 Å². The molecule has 1 saturated carbocycles. The van der Waals surface area contributed by atoms with E-state index in [-0.39, 0.29) is 36.3 Å². The molecule has 1 aromatic heterocycles. The highest BCUT2D eigenvalue weighted by Gasteiger charge is 2.35. The third-order valence-corrected chi connectivity index (χ3v) is 4.94. The van der Waals surface area contributed by atoms with Crippen molar-refractivity contribution in [1.82, 2.24) is 4.98 Å². The zero-order valence-electron chi connectivity index (χ0n) is 17.2. The maximum atomic E-state index is 13.2. The Morgan fingerprint density at radius 3 is 2.56 bits per heavy atom. The van der Waals surface area contributed by atoms with Gasteiger partial charge in [0.2, 0.25) is 5.89 Å². The molecule has 1 N–H and O–H groups in total. The zero-order chi connectivity index (χ0) is 22.7. The quantitative estimate of drug-likeness (QED) is 0.462. The molecule has 1 fully saturated rings. The topological polar surface area (TPSA) is 73.6 Å². The Hall–Kier alpha value is -3.33. The van der Waals surface area contributed by atoms with Crippen molar-refractivity contribution in [2.75, 3.05) is 25.6 Å². The lowest BCUT2D eigenvalue weighted by Gasteiger charge is -2.15. The molecule has 1 aliphatic rings. The molecule has 0 spiro atoms. The average molecular weight is 446 g/mol. The molecule has 2 aromatic carbocycles. The number of oxazole rings is 1. The summed E-state index contributed by atoms with van der Waals surface area (Å²) in [7, 11) is 1.48. The molecule has 0 atom stereocenters. The first-order chi connectivity index (χ1) is 15.4. The summed E-state index contributed by atoms with van der Waals surface area (Å²) < 4.78 is 56.0. The molecule has 4 rings (SSSR count). The summed E-state index contributed by atoms with van der Waals surface area (Å²) in [4.78, 5) is 17.4. The molecule has 168 valence electrons. The third-order valence-electron chi connectivity index (χ3n) is 4.94. The van der Waals surface area contributed by atoms with Gasteiger partial charge in [-0.2, -0.15) is 13.2 Å². The number of nitrogens with zero attached hydrogens (tertiary/aromatic N) is 1. The monoisotopic (exact) mass is 446 g/mol. The summed E-state index contributed by atoms with van der Waals surface area (Å²) in [5.74, 6) is 0.241. The van der Waals surface area contributed by atoms with E-state index >= 15 is 0 Å². The minimum atomic E-state index is -4.57. The Bertz CT molecular complexity index is 1090. The molecule has 0 radical (unpaired) electrons. The molecule has 1 amide bonds. The number of rotatable bonds is 8. The largest absolute Gasteiger partial charge is 0.489 e. The minimum absolute atomic E-state index is 0.0617. The fourth-order valence-corrected chi connectivity index (χ4v) is 3.17. The van der Waals surface area contributed by atoms with Crippen LogP contribution in [0.15, 0.2) is 52.9 Å². The van der Waals surface area contributed by atoms with Crippen LogP contribution in [-0.2, 0) is 10.9 Å². The Morgan fingerprint density at radius 2 is 1.91 bits per heavy atom. The summed E-state index contributed by atoms with van der Waals surface area (Å²) in [6, 6.07) is 12.0. The van der Waals surface area contributed by atoms with Gasteiger partial charge < -0.3 is 19.2 Å². The van der Waals surface area contributed by atoms with E-state index in [4.69, 9.17) is 13.9 Å². The van der Waals surface area contributed by atoms with Gasteiger partial charge in [0.15, 0.2) is 5.69 Å². The van der Waals surface area contributed by atoms with Gasteiger partial charge in [0.1, 0.15) is 18.1 Å². The summed E-state index contributed by atoms with van der Waals surface area (Å²) >= 11 is 0. The van der Waals surface area contributed by atoms with E-state index in [1.165, 1.54) is 13.2 Å². The van der Waals surface area contributed by atoms with Crippen LogP contribution in [0.1, 0.15) is 40.6 Å². The van der Waals surface area contributed by atoms with Gasteiger partial charge in [-0.25, -0.2) is 4.98 Å². The van der Waals surface area contributed by atoms with Crippen LogP contribution in [0.25, 0.3) is 11.5 Å². The predicted molar refractivity (Wildman–Crippen MR) is 111 cm³/mol. The molecular formula is C23H21F3N2O4. The maximum Gasteiger partial charge on any atom is 0.416 e. The standard InChI is InChI=1S/C23H21F3N2O4/c1-30-11-12-31-18-10-9-16(23(24,25)26)13-17(18)27-21(29)19-20(14-7-8-14)32-22(28-19)15-5-3-2-4-6-15/h2-6,9-10,13-14H,7-8,11-12H2,1H3,(H,27,29). The molecule has 6 nitrogen and oxygen atoms in total. The van der Waals surface area contributed by atoms with Gasteiger partial charge in [0.25, 0.3) is 5.91 Å². The van der Waals surface area contributed by atoms with Crippen molar-refractivity contribution in [2.45, 2.75) is 24.9 Å². The van der Waals surface area contributed by atoms with Crippen LogP contribution in [0.2, 0.25) is 0 Å². The SMILES string of the molecule is COCCOc1ccc(C(F)(F)F)cc1NC(=O)c1nc(-c2ccccc2)oc1C1CC1. The molecule has 32 heavy (non-hydrogen) atoms. The highest BCUT2D eigenvalue weighted by Crippen LogP contribution is 2.43. The number of halogens is 3. The molecule has 1 heterocycles. The molecule has 0 bridgehead atoms. The fourth-order valence-electron chi connectivity index (χ4n) is 3.17. The smallest absolute Gasteiger partial charge is 0.416 e. The number of hydrogen-bond acceptors (Lipinski definition) is 5. The second-order valence-corrected chi connectivity index (χ2v) is 7.38. The number of aromatic nitrogens is 1. The number of methoxy groups -OCH3 is 1. The molecule has 0 aliphatic heterocycles. The number of alkyl halides is 3. The first kappa shape index (κ1) is 21.9. The minimum Gasteiger partial charge on any atom is -0.489 e. The lowest BCUT2D eigenvalue weighted by atomic mass is 10.1. The first-order valence-corrected chi connectivity index (χ1v) is 10.1. The van der Waals surface area contributed by atoms with Gasteiger partial charge in [-0.3, -0.25) is 4.79 Å². The highest BCUT2D eigenvalue weighted by molar-refractivity contribution is 6.05. The van der Waals surface area contributed by atoms with Crippen molar-refractivity contribution in [3.8, 4) is 17.2 Å². The average Bonchev–Trinajstić information content (AvgIpc) is 3.52. The molecule has 1 aliphatic carbocycles. The van der Waals surface area contributed by atoms with E-state index in [9.17, 15) is 18.0 Å². The summed E-state index contributed by atoms with van der Waals surface area (Å²) in [6.07, 6.45) is -2.85. The van der Waals surface area contributed by atoms with Crippen LogP contribution in [0.3, 0.4) is 0 Å². The maximum absolute atomic E-state index is 13.2. The molecule has 0 saturated heterocycles. The van der Waals surface area contributed by atoms with E-state index < -0.39 is 17.6 Å². The van der Waals surface area contributed by atoms with Gasteiger partial charge in [0.05, 0.1) is 17.9 Å². The van der Waals surface area contributed by atoms with E-state index in [2.05, 4.69) is 10.3 Å². The second-order valence-electron chi connectivity index (χ2n) is 7.38. The Kier molecular flexibility index (Phi) is 6.18. The number of carbonyl (C=O) groups excluding carboxylic acids is 1. The molecular weight excluding hydrogens is 425 g/mol. The molecule has 9 heteroatoms. The van der Waals surface area contributed by atoms with Crippen molar-refractivity contribution in [3.63, 3.8) is 0 Å². The van der Waals surface area contributed by atoms with Crippen molar-refractivity contribution in [1.29, 1.82) is 0 Å². The van der Waals surface area contributed by atoms with Gasteiger partial charge in [-0.15, -0.1) is 0 Å². The van der Waals surface area contributed by atoms with Crippen molar-refractivity contribution in [3.05, 3.63) is 65.5 Å². The normalized spacial score (nSPS) is 13.8. The van der Waals surface area contributed by atoms with Crippen LogP contribution < -0.4 is 10.1 Å². The van der Waals surface area contributed by atoms with Gasteiger partial charge >= 0.3 is 6.18 Å². The first-order valence-electron chi connectivity index (χ1n) is 10.1. The van der Waals surface area contributed by atoms with Crippen LogP contribution in [-0.4, -0.2) is 31.2 Å². The number of ether oxygens (including phenoxy) is 2. The van der Waals surface area contributed by atoms with Crippen molar-refractivity contribution < 1.29 is 31.9 Å². The van der Waals surface area contributed by atoms with E-state index in [1.807, 2.05) is 18.2 Å².